The van der Waals surface area contributed by atoms with Gasteiger partial charge in [-0.2, -0.15) is 5.10 Å². The first kappa shape index (κ1) is 11.6. The molecule has 2 heterocycles. The van der Waals surface area contributed by atoms with Crippen molar-refractivity contribution in [1.29, 1.82) is 0 Å². The smallest absolute Gasteiger partial charge is 0.347 e. The Bertz CT molecular complexity index is 480. The molecule has 0 amide bonds. The largest absolute Gasteiger partial charge is 0.477 e. The molecule has 2 aromatic rings. The highest BCUT2D eigenvalue weighted by molar-refractivity contribution is 7.17. The molecule has 0 saturated carbocycles. The van der Waals surface area contributed by atoms with Crippen molar-refractivity contribution in [3.05, 3.63) is 29.5 Å². The molecule has 0 bridgehead atoms. The van der Waals surface area contributed by atoms with Gasteiger partial charge in [0.1, 0.15) is 4.88 Å². The molecule has 0 atom stereocenters. The second-order valence-corrected chi connectivity index (χ2v) is 4.41. The SMILES string of the molecule is O=C(O)c1cnc(NCCCn2cccn2)s1. The van der Waals surface area contributed by atoms with Crippen molar-refractivity contribution in [2.45, 2.75) is 13.0 Å². The van der Waals surface area contributed by atoms with Gasteiger partial charge >= 0.3 is 5.97 Å². The predicted octanol–water partition coefficient (Wildman–Crippen LogP) is 1.54. The van der Waals surface area contributed by atoms with E-state index < -0.39 is 5.97 Å². The molecule has 2 N–H and O–H groups in total. The van der Waals surface area contributed by atoms with Crippen LogP contribution in [0.5, 0.6) is 0 Å². The van der Waals surface area contributed by atoms with Crippen molar-refractivity contribution < 1.29 is 9.90 Å². The lowest BCUT2D eigenvalue weighted by atomic mass is 10.4. The number of nitrogens with one attached hydrogen (secondary N) is 1. The molecule has 0 spiro atoms. The molecule has 0 aliphatic rings. The summed E-state index contributed by atoms with van der Waals surface area (Å²) in [6.45, 7) is 1.57. The molecule has 7 heteroatoms. The van der Waals surface area contributed by atoms with Crippen LogP contribution >= 0.6 is 11.3 Å². The highest BCUT2D eigenvalue weighted by Gasteiger charge is 2.07. The van der Waals surface area contributed by atoms with Gasteiger partial charge in [-0.25, -0.2) is 9.78 Å². The number of aryl methyl sites for hydroxylation is 1. The van der Waals surface area contributed by atoms with Gasteiger partial charge in [0.15, 0.2) is 5.13 Å². The zero-order valence-corrected chi connectivity index (χ0v) is 9.85. The van der Waals surface area contributed by atoms with Crippen LogP contribution < -0.4 is 5.32 Å². The van der Waals surface area contributed by atoms with E-state index in [2.05, 4.69) is 15.4 Å². The number of rotatable bonds is 6. The second-order valence-electron chi connectivity index (χ2n) is 3.38. The van der Waals surface area contributed by atoms with E-state index in [4.69, 9.17) is 5.11 Å². The van der Waals surface area contributed by atoms with E-state index in [1.54, 1.807) is 6.20 Å². The van der Waals surface area contributed by atoms with Crippen LogP contribution in [-0.4, -0.2) is 32.4 Å². The highest BCUT2D eigenvalue weighted by Crippen LogP contribution is 2.17. The fourth-order valence-electron chi connectivity index (χ4n) is 1.32. The van der Waals surface area contributed by atoms with Crippen LogP contribution in [-0.2, 0) is 6.54 Å². The van der Waals surface area contributed by atoms with E-state index in [0.717, 1.165) is 30.8 Å². The van der Waals surface area contributed by atoms with Crippen LogP contribution in [0.1, 0.15) is 16.1 Å². The van der Waals surface area contributed by atoms with Gasteiger partial charge in [-0.1, -0.05) is 11.3 Å². The lowest BCUT2D eigenvalue weighted by Gasteiger charge is -2.02. The van der Waals surface area contributed by atoms with Gasteiger partial charge in [-0.3, -0.25) is 4.68 Å². The summed E-state index contributed by atoms with van der Waals surface area (Å²) in [5, 5.41) is 16.5. The van der Waals surface area contributed by atoms with Crippen LogP contribution in [0.3, 0.4) is 0 Å². The maximum atomic E-state index is 10.6. The first-order valence-electron chi connectivity index (χ1n) is 5.16. The Morgan fingerprint density at radius 3 is 3.12 bits per heavy atom. The summed E-state index contributed by atoms with van der Waals surface area (Å²) in [4.78, 5) is 14.9. The van der Waals surface area contributed by atoms with Crippen molar-refractivity contribution in [3.8, 4) is 0 Å². The minimum Gasteiger partial charge on any atom is -0.477 e. The zero-order valence-electron chi connectivity index (χ0n) is 9.04. The van der Waals surface area contributed by atoms with Crippen molar-refractivity contribution in [2.75, 3.05) is 11.9 Å². The lowest BCUT2D eigenvalue weighted by Crippen LogP contribution is -2.06. The van der Waals surface area contributed by atoms with Gasteiger partial charge in [0.25, 0.3) is 0 Å². The quantitative estimate of drug-likeness (QED) is 0.762. The Morgan fingerprint density at radius 2 is 2.47 bits per heavy atom. The summed E-state index contributed by atoms with van der Waals surface area (Å²) in [7, 11) is 0. The van der Waals surface area contributed by atoms with E-state index in [0.29, 0.717) is 5.13 Å². The number of carboxylic acid groups (broad SMARTS) is 1. The van der Waals surface area contributed by atoms with Gasteiger partial charge in [0.2, 0.25) is 0 Å². The van der Waals surface area contributed by atoms with E-state index in [-0.39, 0.29) is 4.88 Å². The van der Waals surface area contributed by atoms with Crippen LogP contribution in [0.25, 0.3) is 0 Å². The average molecular weight is 252 g/mol. The summed E-state index contributed by atoms with van der Waals surface area (Å²) in [5.74, 6) is -0.938. The molecule has 0 saturated heterocycles. The van der Waals surface area contributed by atoms with Crippen LogP contribution in [0.2, 0.25) is 0 Å². The summed E-state index contributed by atoms with van der Waals surface area (Å²) in [5.41, 5.74) is 0. The number of carboxylic acids is 1. The first-order valence-corrected chi connectivity index (χ1v) is 5.98. The number of aromatic carboxylic acids is 1. The number of hydrogen-bond acceptors (Lipinski definition) is 5. The second kappa shape index (κ2) is 5.44. The van der Waals surface area contributed by atoms with Gasteiger partial charge in [0, 0.05) is 25.5 Å². The van der Waals surface area contributed by atoms with Crippen molar-refractivity contribution in [3.63, 3.8) is 0 Å². The molecule has 2 aromatic heterocycles. The molecule has 0 aliphatic heterocycles. The van der Waals surface area contributed by atoms with E-state index in [9.17, 15) is 4.79 Å². The number of thiazole rings is 1. The van der Waals surface area contributed by atoms with Crippen LogP contribution in [0, 0.1) is 0 Å². The predicted molar refractivity (Wildman–Crippen MR) is 64.4 cm³/mol. The molecular weight excluding hydrogens is 240 g/mol. The van der Waals surface area contributed by atoms with Crippen molar-refractivity contribution >= 4 is 22.4 Å². The van der Waals surface area contributed by atoms with Gasteiger partial charge in [-0.15, -0.1) is 0 Å². The summed E-state index contributed by atoms with van der Waals surface area (Å²) in [6, 6.07) is 1.88. The standard InChI is InChI=1S/C10H12N4O2S/c15-9(16)8-7-12-10(17-8)11-3-1-5-14-6-2-4-13-14/h2,4,6-7H,1,3,5H2,(H,11,12)(H,15,16). The van der Waals surface area contributed by atoms with Gasteiger partial charge in [0.05, 0.1) is 6.20 Å². The minimum absolute atomic E-state index is 0.250. The minimum atomic E-state index is -0.938. The van der Waals surface area contributed by atoms with Crippen molar-refractivity contribution in [2.24, 2.45) is 0 Å². The molecule has 0 aromatic carbocycles. The first-order chi connectivity index (χ1) is 8.25. The summed E-state index contributed by atoms with van der Waals surface area (Å²) in [6.07, 6.45) is 5.92. The Labute approximate surface area is 102 Å². The third-order valence-corrected chi connectivity index (χ3v) is 3.06. The molecule has 0 fully saturated rings. The monoisotopic (exact) mass is 252 g/mol. The number of hydrogen-bond donors (Lipinski definition) is 2. The van der Waals surface area contributed by atoms with Gasteiger partial charge in [-0.05, 0) is 12.5 Å². The van der Waals surface area contributed by atoms with Crippen LogP contribution in [0.4, 0.5) is 5.13 Å². The van der Waals surface area contributed by atoms with E-state index in [1.807, 2.05) is 16.9 Å². The lowest BCUT2D eigenvalue weighted by molar-refractivity contribution is 0.0702. The maximum Gasteiger partial charge on any atom is 0.347 e. The highest BCUT2D eigenvalue weighted by atomic mass is 32.1. The molecule has 0 unspecified atom stereocenters. The molecule has 90 valence electrons. The molecule has 2 rings (SSSR count). The molecule has 17 heavy (non-hydrogen) atoms. The van der Waals surface area contributed by atoms with E-state index in [1.165, 1.54) is 6.20 Å². The maximum absolute atomic E-state index is 10.6. The normalized spacial score (nSPS) is 10.4. The third-order valence-electron chi connectivity index (χ3n) is 2.12. The van der Waals surface area contributed by atoms with Crippen LogP contribution in [0.15, 0.2) is 24.7 Å². The number of carbonyl (C=O) groups is 1. The fourth-order valence-corrected chi connectivity index (χ4v) is 2.00. The Balaban J connectivity index is 1.72. The van der Waals surface area contributed by atoms with Gasteiger partial charge < -0.3 is 10.4 Å². The number of nitrogens with zero attached hydrogens (tertiary/aromatic N) is 3. The Morgan fingerprint density at radius 1 is 1.59 bits per heavy atom. The fraction of sp³-hybridized carbons (Fsp3) is 0.300. The average Bonchev–Trinajstić information content (AvgIpc) is 2.96. The third kappa shape index (κ3) is 3.28. The van der Waals surface area contributed by atoms with Crippen molar-refractivity contribution in [1.82, 2.24) is 14.8 Å². The topological polar surface area (TPSA) is 80.0 Å². The zero-order chi connectivity index (χ0) is 12.1. The molecule has 0 aliphatic carbocycles. The molecule has 6 nitrogen and oxygen atoms in total. The number of anilines is 1. The number of aromatic nitrogens is 3. The Hall–Kier alpha value is -1.89. The molecule has 0 radical (unpaired) electrons. The molecular formula is C10H12N4O2S. The summed E-state index contributed by atoms with van der Waals surface area (Å²) < 4.78 is 1.85. The Kier molecular flexibility index (Phi) is 3.71. The summed E-state index contributed by atoms with van der Waals surface area (Å²) >= 11 is 1.14. The van der Waals surface area contributed by atoms with E-state index >= 15 is 0 Å².